The van der Waals surface area contributed by atoms with Crippen LogP contribution in [0.5, 0.6) is 0 Å². The number of rotatable bonds is 5. The largest absolute Gasteiger partial charge is 0.418 e. The maximum Gasteiger partial charge on any atom is 0.418 e. The summed E-state index contributed by atoms with van der Waals surface area (Å²) >= 11 is 0. The summed E-state index contributed by atoms with van der Waals surface area (Å²) in [7, 11) is 0. The van der Waals surface area contributed by atoms with E-state index < -0.39 is 23.2 Å². The standard InChI is InChI=1S/C21H15F4N7O/c22-11-4-5-15-16(10-11)32-19(30-31-20(32)33)18(29-15)28-9-8-26-14-6-7-27-17-12(14)2-1-3-13(17)21(23,24)25/h1-7,10H,8-9H2,(H,26,27)(H,28,29)(H,31,33). The summed E-state index contributed by atoms with van der Waals surface area (Å²) in [6.45, 7) is 0.624. The monoisotopic (exact) mass is 457 g/mol. The Morgan fingerprint density at radius 1 is 1.06 bits per heavy atom. The maximum absolute atomic E-state index is 13.6. The summed E-state index contributed by atoms with van der Waals surface area (Å²) < 4.78 is 54.7. The summed E-state index contributed by atoms with van der Waals surface area (Å²) in [5.74, 6) is -0.213. The third-order valence-corrected chi connectivity index (χ3v) is 5.10. The third-order valence-electron chi connectivity index (χ3n) is 5.10. The SMILES string of the molecule is O=c1[nH]nc2c(NCCNc3ccnc4c(C(F)(F)F)cccc34)nc3ccc(F)cc3n12. The predicted molar refractivity (Wildman–Crippen MR) is 115 cm³/mol. The lowest BCUT2D eigenvalue weighted by Crippen LogP contribution is -2.17. The van der Waals surface area contributed by atoms with Crippen molar-refractivity contribution in [1.82, 2.24) is 24.6 Å². The summed E-state index contributed by atoms with van der Waals surface area (Å²) in [6, 6.07) is 9.38. The van der Waals surface area contributed by atoms with Gasteiger partial charge in [-0.15, -0.1) is 5.10 Å². The van der Waals surface area contributed by atoms with Gasteiger partial charge in [0.15, 0.2) is 5.82 Å². The molecule has 2 aromatic carbocycles. The van der Waals surface area contributed by atoms with E-state index in [0.717, 1.165) is 6.07 Å². The minimum absolute atomic E-state index is 0.135. The number of aromatic amines is 1. The molecule has 3 N–H and O–H groups in total. The molecule has 12 heteroatoms. The highest BCUT2D eigenvalue weighted by Gasteiger charge is 2.33. The molecule has 0 spiro atoms. The molecule has 3 aromatic heterocycles. The number of nitrogens with zero attached hydrogens (tertiary/aromatic N) is 4. The van der Waals surface area contributed by atoms with Crippen molar-refractivity contribution >= 4 is 39.1 Å². The topological polar surface area (TPSA) is 100 Å². The van der Waals surface area contributed by atoms with Gasteiger partial charge in [-0.2, -0.15) is 13.2 Å². The van der Waals surface area contributed by atoms with Crippen molar-refractivity contribution in [2.75, 3.05) is 23.7 Å². The van der Waals surface area contributed by atoms with Crippen LogP contribution in [0.1, 0.15) is 5.56 Å². The van der Waals surface area contributed by atoms with Crippen LogP contribution in [0, 0.1) is 5.82 Å². The molecule has 0 amide bonds. The van der Waals surface area contributed by atoms with Crippen molar-refractivity contribution in [1.29, 1.82) is 0 Å². The van der Waals surface area contributed by atoms with Gasteiger partial charge in [0.25, 0.3) is 0 Å². The van der Waals surface area contributed by atoms with Crippen LogP contribution >= 0.6 is 0 Å². The van der Waals surface area contributed by atoms with Crippen LogP contribution in [0.3, 0.4) is 0 Å². The average Bonchev–Trinajstić information content (AvgIpc) is 3.18. The van der Waals surface area contributed by atoms with Crippen molar-refractivity contribution in [3.05, 3.63) is 70.5 Å². The Kier molecular flexibility index (Phi) is 4.84. The predicted octanol–water partition coefficient (Wildman–Crippen LogP) is 3.80. The van der Waals surface area contributed by atoms with E-state index in [1.54, 1.807) is 12.1 Å². The van der Waals surface area contributed by atoms with Gasteiger partial charge in [-0.05, 0) is 24.3 Å². The highest BCUT2D eigenvalue weighted by Crippen LogP contribution is 2.35. The molecule has 5 aromatic rings. The molecule has 5 rings (SSSR count). The maximum atomic E-state index is 13.6. The molecule has 0 aliphatic carbocycles. The van der Waals surface area contributed by atoms with Crippen LogP contribution in [0.25, 0.3) is 27.6 Å². The number of benzene rings is 2. The fourth-order valence-electron chi connectivity index (χ4n) is 3.68. The Balaban J connectivity index is 1.38. The molecule has 33 heavy (non-hydrogen) atoms. The van der Waals surface area contributed by atoms with Crippen LogP contribution in [0.2, 0.25) is 0 Å². The fourth-order valence-corrected chi connectivity index (χ4v) is 3.68. The Morgan fingerprint density at radius 3 is 2.70 bits per heavy atom. The number of hydrogen-bond donors (Lipinski definition) is 3. The molecule has 0 fully saturated rings. The molecule has 0 aliphatic rings. The molecular weight excluding hydrogens is 442 g/mol. The zero-order chi connectivity index (χ0) is 23.2. The Bertz CT molecular complexity index is 1560. The van der Waals surface area contributed by atoms with Gasteiger partial charge in [-0.1, -0.05) is 12.1 Å². The van der Waals surface area contributed by atoms with E-state index in [4.69, 9.17) is 0 Å². The number of alkyl halides is 3. The summed E-state index contributed by atoms with van der Waals surface area (Å²) in [4.78, 5) is 20.5. The zero-order valence-electron chi connectivity index (χ0n) is 16.7. The number of aromatic nitrogens is 5. The van der Waals surface area contributed by atoms with Gasteiger partial charge in [-0.25, -0.2) is 23.7 Å². The molecule has 0 unspecified atom stereocenters. The van der Waals surface area contributed by atoms with Crippen molar-refractivity contribution in [2.24, 2.45) is 0 Å². The number of hydrogen-bond acceptors (Lipinski definition) is 6. The summed E-state index contributed by atoms with van der Waals surface area (Å²) in [5.41, 5.74) is -0.112. The first-order valence-corrected chi connectivity index (χ1v) is 9.82. The van der Waals surface area contributed by atoms with E-state index in [9.17, 15) is 22.4 Å². The summed E-state index contributed by atoms with van der Waals surface area (Å²) in [6.07, 6.45) is -3.19. The second kappa shape index (κ2) is 7.73. The molecule has 0 saturated heterocycles. The van der Waals surface area contributed by atoms with E-state index >= 15 is 0 Å². The number of H-pyrrole nitrogens is 1. The number of fused-ring (bicyclic) bond motifs is 4. The first-order valence-electron chi connectivity index (χ1n) is 9.82. The number of para-hydroxylation sites is 1. The van der Waals surface area contributed by atoms with Gasteiger partial charge in [0.2, 0.25) is 5.65 Å². The highest BCUT2D eigenvalue weighted by molar-refractivity contribution is 5.93. The van der Waals surface area contributed by atoms with Crippen molar-refractivity contribution < 1.29 is 17.6 Å². The van der Waals surface area contributed by atoms with Gasteiger partial charge < -0.3 is 10.6 Å². The van der Waals surface area contributed by atoms with Crippen LogP contribution < -0.4 is 16.3 Å². The highest BCUT2D eigenvalue weighted by atomic mass is 19.4. The number of halogens is 4. The van der Waals surface area contributed by atoms with E-state index in [1.165, 1.54) is 34.9 Å². The van der Waals surface area contributed by atoms with E-state index in [0.29, 0.717) is 35.5 Å². The smallest absolute Gasteiger partial charge is 0.383 e. The lowest BCUT2D eigenvalue weighted by Gasteiger charge is -2.14. The lowest BCUT2D eigenvalue weighted by molar-refractivity contribution is -0.136. The molecule has 3 heterocycles. The number of anilines is 2. The van der Waals surface area contributed by atoms with Crippen LogP contribution in [0.4, 0.5) is 29.1 Å². The van der Waals surface area contributed by atoms with Gasteiger partial charge in [0, 0.05) is 36.4 Å². The van der Waals surface area contributed by atoms with Gasteiger partial charge in [0.1, 0.15) is 5.82 Å². The Hall–Kier alpha value is -4.22. The van der Waals surface area contributed by atoms with Crippen LogP contribution in [-0.4, -0.2) is 37.7 Å². The molecule has 168 valence electrons. The first kappa shape index (κ1) is 20.7. The Labute approximate surface area is 182 Å². The molecule has 0 radical (unpaired) electrons. The number of pyridine rings is 1. The molecular formula is C21H15F4N7O. The second-order valence-electron chi connectivity index (χ2n) is 7.19. The molecule has 8 nitrogen and oxygen atoms in total. The minimum Gasteiger partial charge on any atom is -0.383 e. The third kappa shape index (κ3) is 3.69. The number of nitrogens with one attached hydrogen (secondary N) is 3. The summed E-state index contributed by atoms with van der Waals surface area (Å²) in [5, 5.41) is 12.8. The quantitative estimate of drug-likeness (QED) is 0.274. The normalized spacial score (nSPS) is 12.0. The van der Waals surface area contributed by atoms with Crippen molar-refractivity contribution in [3.63, 3.8) is 0 Å². The molecule has 0 atom stereocenters. The van der Waals surface area contributed by atoms with Gasteiger partial charge in [-0.3, -0.25) is 4.98 Å². The minimum atomic E-state index is -4.51. The van der Waals surface area contributed by atoms with Crippen LogP contribution in [-0.2, 0) is 6.18 Å². The van der Waals surface area contributed by atoms with Crippen molar-refractivity contribution in [3.8, 4) is 0 Å². The lowest BCUT2D eigenvalue weighted by atomic mass is 10.1. The average molecular weight is 457 g/mol. The van der Waals surface area contributed by atoms with E-state index in [-0.39, 0.29) is 16.7 Å². The van der Waals surface area contributed by atoms with Crippen LogP contribution in [0.15, 0.2) is 53.5 Å². The fraction of sp³-hybridized carbons (Fsp3) is 0.143. The van der Waals surface area contributed by atoms with E-state index in [1.807, 2.05) is 0 Å². The van der Waals surface area contributed by atoms with E-state index in [2.05, 4.69) is 30.8 Å². The zero-order valence-corrected chi connectivity index (χ0v) is 16.7. The Morgan fingerprint density at radius 2 is 1.88 bits per heavy atom. The van der Waals surface area contributed by atoms with Gasteiger partial charge >= 0.3 is 11.9 Å². The molecule has 0 saturated carbocycles. The second-order valence-corrected chi connectivity index (χ2v) is 7.19. The first-order chi connectivity index (χ1) is 15.8. The van der Waals surface area contributed by atoms with Crippen molar-refractivity contribution in [2.45, 2.75) is 6.18 Å². The van der Waals surface area contributed by atoms with Gasteiger partial charge in [0.05, 0.1) is 22.1 Å². The molecule has 0 bridgehead atoms. The molecule has 0 aliphatic heterocycles.